The van der Waals surface area contributed by atoms with Gasteiger partial charge in [0.25, 0.3) is 0 Å². The fourth-order valence-electron chi connectivity index (χ4n) is 2.07. The molecule has 86 valence electrons. The zero-order chi connectivity index (χ0) is 11.4. The molecule has 1 aliphatic rings. The highest BCUT2D eigenvalue weighted by Gasteiger charge is 2.25. The van der Waals surface area contributed by atoms with E-state index in [0.29, 0.717) is 6.04 Å². The molecule has 0 bridgehead atoms. The molecule has 1 saturated carbocycles. The van der Waals surface area contributed by atoms with Crippen molar-refractivity contribution in [1.29, 1.82) is 0 Å². The number of carboxylic acids is 1. The lowest BCUT2D eigenvalue weighted by atomic mass is 9.86. The Morgan fingerprint density at radius 3 is 2.62 bits per heavy atom. The van der Waals surface area contributed by atoms with Gasteiger partial charge in [0.2, 0.25) is 0 Å². The summed E-state index contributed by atoms with van der Waals surface area (Å²) in [6.45, 7) is 0. The van der Waals surface area contributed by atoms with Gasteiger partial charge in [-0.2, -0.15) is 0 Å². The van der Waals surface area contributed by atoms with Gasteiger partial charge in [-0.3, -0.25) is 9.78 Å². The largest absolute Gasteiger partial charge is 0.481 e. The Hall–Kier alpha value is -1.65. The predicted molar refractivity (Wildman–Crippen MR) is 59.0 cm³/mol. The van der Waals surface area contributed by atoms with Crippen LogP contribution in [0.2, 0.25) is 0 Å². The zero-order valence-corrected chi connectivity index (χ0v) is 8.97. The number of hydrogen-bond donors (Lipinski definition) is 2. The van der Waals surface area contributed by atoms with Crippen LogP contribution in [0.15, 0.2) is 18.6 Å². The van der Waals surface area contributed by atoms with Crippen LogP contribution in [0.5, 0.6) is 0 Å². The molecule has 2 N–H and O–H groups in total. The number of rotatable bonds is 3. The molecule has 1 aliphatic carbocycles. The third kappa shape index (κ3) is 2.68. The average molecular weight is 221 g/mol. The summed E-state index contributed by atoms with van der Waals surface area (Å²) < 4.78 is 0. The van der Waals surface area contributed by atoms with Crippen LogP contribution in [0.1, 0.15) is 25.7 Å². The summed E-state index contributed by atoms with van der Waals surface area (Å²) in [5, 5.41) is 12.1. The Labute approximate surface area is 93.9 Å². The molecule has 1 heterocycles. The van der Waals surface area contributed by atoms with Crippen molar-refractivity contribution in [1.82, 2.24) is 9.97 Å². The van der Waals surface area contributed by atoms with Crippen molar-refractivity contribution in [3.63, 3.8) is 0 Å². The van der Waals surface area contributed by atoms with Gasteiger partial charge in [-0.1, -0.05) is 0 Å². The Bertz CT molecular complexity index is 348. The van der Waals surface area contributed by atoms with Crippen LogP contribution >= 0.6 is 0 Å². The summed E-state index contributed by atoms with van der Waals surface area (Å²) in [6.07, 6.45) is 8.21. The van der Waals surface area contributed by atoms with E-state index in [4.69, 9.17) is 5.11 Å². The molecular formula is C11H15N3O2. The lowest BCUT2D eigenvalue weighted by Crippen LogP contribution is -2.29. The fraction of sp³-hybridized carbons (Fsp3) is 0.545. The van der Waals surface area contributed by atoms with Gasteiger partial charge in [-0.25, -0.2) is 4.98 Å². The van der Waals surface area contributed by atoms with Gasteiger partial charge in [-0.15, -0.1) is 0 Å². The van der Waals surface area contributed by atoms with Crippen molar-refractivity contribution >= 4 is 11.8 Å². The Morgan fingerprint density at radius 1 is 1.31 bits per heavy atom. The second-order valence-corrected chi connectivity index (χ2v) is 4.12. The van der Waals surface area contributed by atoms with Gasteiger partial charge in [0, 0.05) is 18.4 Å². The third-order valence-corrected chi connectivity index (χ3v) is 2.99. The van der Waals surface area contributed by atoms with Crippen molar-refractivity contribution in [2.75, 3.05) is 5.32 Å². The first kappa shape index (κ1) is 10.9. The number of hydrogen-bond acceptors (Lipinski definition) is 4. The summed E-state index contributed by atoms with van der Waals surface area (Å²) >= 11 is 0. The van der Waals surface area contributed by atoms with Crippen LogP contribution in [-0.2, 0) is 4.79 Å². The summed E-state index contributed by atoms with van der Waals surface area (Å²) in [5.74, 6) is -0.0702. The molecule has 5 heteroatoms. The van der Waals surface area contributed by atoms with Crippen LogP contribution in [-0.4, -0.2) is 27.1 Å². The molecule has 1 aromatic rings. The molecule has 0 atom stereocenters. The molecule has 0 aromatic carbocycles. The lowest BCUT2D eigenvalue weighted by molar-refractivity contribution is -0.142. The molecule has 0 saturated heterocycles. The van der Waals surface area contributed by atoms with Gasteiger partial charge in [0.15, 0.2) is 0 Å². The number of carbonyl (C=O) groups is 1. The van der Waals surface area contributed by atoms with E-state index >= 15 is 0 Å². The van der Waals surface area contributed by atoms with Crippen LogP contribution in [0.3, 0.4) is 0 Å². The molecule has 5 nitrogen and oxygen atoms in total. The molecule has 16 heavy (non-hydrogen) atoms. The summed E-state index contributed by atoms with van der Waals surface area (Å²) in [4.78, 5) is 18.9. The fourth-order valence-corrected chi connectivity index (χ4v) is 2.07. The second kappa shape index (κ2) is 4.92. The summed E-state index contributed by atoms with van der Waals surface area (Å²) in [7, 11) is 0. The van der Waals surface area contributed by atoms with Gasteiger partial charge >= 0.3 is 5.97 Å². The molecule has 0 radical (unpaired) electrons. The van der Waals surface area contributed by atoms with Crippen LogP contribution < -0.4 is 5.32 Å². The van der Waals surface area contributed by atoms with E-state index in [-0.39, 0.29) is 5.92 Å². The molecule has 0 unspecified atom stereocenters. The Balaban J connectivity index is 1.84. The van der Waals surface area contributed by atoms with Gasteiger partial charge in [-0.05, 0) is 25.7 Å². The number of nitrogens with one attached hydrogen (secondary N) is 1. The zero-order valence-electron chi connectivity index (χ0n) is 8.97. The third-order valence-electron chi connectivity index (χ3n) is 2.99. The highest BCUT2D eigenvalue weighted by Crippen LogP contribution is 2.26. The van der Waals surface area contributed by atoms with Gasteiger partial charge < -0.3 is 10.4 Å². The first-order valence-electron chi connectivity index (χ1n) is 5.51. The highest BCUT2D eigenvalue weighted by molar-refractivity contribution is 5.70. The lowest BCUT2D eigenvalue weighted by Gasteiger charge is -2.26. The van der Waals surface area contributed by atoms with Crippen molar-refractivity contribution in [2.24, 2.45) is 5.92 Å². The maximum atomic E-state index is 10.8. The van der Waals surface area contributed by atoms with E-state index < -0.39 is 5.97 Å². The molecule has 0 amide bonds. The molecule has 0 aliphatic heterocycles. The molecule has 2 rings (SSSR count). The topological polar surface area (TPSA) is 75.1 Å². The maximum Gasteiger partial charge on any atom is 0.306 e. The van der Waals surface area contributed by atoms with Crippen LogP contribution in [0, 0.1) is 5.92 Å². The molecule has 1 fully saturated rings. The SMILES string of the molecule is O=C(O)C1CCC(Nc2cnccn2)CC1. The van der Waals surface area contributed by atoms with E-state index in [1.165, 1.54) is 0 Å². The number of anilines is 1. The minimum Gasteiger partial charge on any atom is -0.481 e. The maximum absolute atomic E-state index is 10.8. The number of aliphatic carboxylic acids is 1. The Morgan fingerprint density at radius 2 is 2.06 bits per heavy atom. The van der Waals surface area contributed by atoms with E-state index in [1.54, 1.807) is 18.6 Å². The summed E-state index contributed by atoms with van der Waals surface area (Å²) in [6, 6.07) is 0.326. The van der Waals surface area contributed by atoms with Crippen molar-refractivity contribution in [3.05, 3.63) is 18.6 Å². The predicted octanol–water partition coefficient (Wildman–Crippen LogP) is 1.53. The van der Waals surface area contributed by atoms with Crippen LogP contribution in [0.4, 0.5) is 5.82 Å². The van der Waals surface area contributed by atoms with E-state index in [9.17, 15) is 4.79 Å². The van der Waals surface area contributed by atoms with Crippen molar-refractivity contribution in [3.8, 4) is 0 Å². The van der Waals surface area contributed by atoms with Crippen molar-refractivity contribution < 1.29 is 9.90 Å². The number of nitrogens with zero attached hydrogens (tertiary/aromatic N) is 2. The monoisotopic (exact) mass is 221 g/mol. The smallest absolute Gasteiger partial charge is 0.306 e. The molecular weight excluding hydrogens is 206 g/mol. The first-order valence-corrected chi connectivity index (χ1v) is 5.51. The van der Waals surface area contributed by atoms with Crippen LogP contribution in [0.25, 0.3) is 0 Å². The van der Waals surface area contributed by atoms with E-state index in [0.717, 1.165) is 31.5 Å². The number of carboxylic acid groups (broad SMARTS) is 1. The normalized spacial score (nSPS) is 25.0. The minimum absolute atomic E-state index is 0.167. The number of aromatic nitrogens is 2. The first-order chi connectivity index (χ1) is 7.75. The minimum atomic E-state index is -0.669. The van der Waals surface area contributed by atoms with Gasteiger partial charge in [0.05, 0.1) is 12.1 Å². The molecule has 0 spiro atoms. The van der Waals surface area contributed by atoms with E-state index in [2.05, 4.69) is 15.3 Å². The highest BCUT2D eigenvalue weighted by atomic mass is 16.4. The second-order valence-electron chi connectivity index (χ2n) is 4.12. The Kier molecular flexibility index (Phi) is 3.34. The standard InChI is InChI=1S/C11H15N3O2/c15-11(16)8-1-3-9(4-2-8)14-10-7-12-5-6-13-10/h5-9H,1-4H2,(H,13,14)(H,15,16). The summed E-state index contributed by atoms with van der Waals surface area (Å²) in [5.41, 5.74) is 0. The average Bonchev–Trinajstić information content (AvgIpc) is 2.31. The van der Waals surface area contributed by atoms with Crippen molar-refractivity contribution in [2.45, 2.75) is 31.7 Å². The quantitative estimate of drug-likeness (QED) is 0.809. The van der Waals surface area contributed by atoms with E-state index in [1.807, 2.05) is 0 Å². The van der Waals surface area contributed by atoms with Gasteiger partial charge in [0.1, 0.15) is 5.82 Å². The molecule has 1 aromatic heterocycles.